The molecule has 150 valence electrons. The maximum atomic E-state index is 12.5. The first-order chi connectivity index (χ1) is 14.0. The highest BCUT2D eigenvalue weighted by atomic mass is 16.5. The second-order valence-corrected chi connectivity index (χ2v) is 6.55. The molecule has 0 aliphatic rings. The monoisotopic (exact) mass is 392 g/mol. The fourth-order valence-corrected chi connectivity index (χ4v) is 2.91. The fourth-order valence-electron chi connectivity index (χ4n) is 2.91. The van der Waals surface area contributed by atoms with Crippen LogP contribution in [0.15, 0.2) is 48.8 Å². The topological polar surface area (TPSA) is 85.4 Å². The van der Waals surface area contributed by atoms with Gasteiger partial charge in [0.1, 0.15) is 11.5 Å². The molecule has 0 aliphatic heterocycles. The van der Waals surface area contributed by atoms with Crippen molar-refractivity contribution in [2.75, 3.05) is 24.9 Å². The number of hydrogen-bond acceptors (Lipinski definition) is 6. The molecular weight excluding hydrogens is 368 g/mol. The zero-order valence-electron chi connectivity index (χ0n) is 16.9. The van der Waals surface area contributed by atoms with Crippen molar-refractivity contribution in [1.29, 1.82) is 0 Å². The van der Waals surface area contributed by atoms with E-state index < -0.39 is 0 Å². The molecule has 0 saturated carbocycles. The van der Waals surface area contributed by atoms with Gasteiger partial charge in [-0.1, -0.05) is 24.3 Å². The third-order valence-corrected chi connectivity index (χ3v) is 4.53. The normalized spacial score (nSPS) is 10.3. The number of amides is 1. The molecular formula is C22H24N4O3. The molecule has 0 atom stereocenters. The number of para-hydroxylation sites is 1. The van der Waals surface area contributed by atoms with Crippen LogP contribution in [0, 0.1) is 13.8 Å². The molecule has 29 heavy (non-hydrogen) atoms. The number of aryl methyl sites for hydroxylation is 2. The van der Waals surface area contributed by atoms with Gasteiger partial charge in [-0.2, -0.15) is 0 Å². The van der Waals surface area contributed by atoms with E-state index >= 15 is 0 Å². The van der Waals surface area contributed by atoms with Gasteiger partial charge in [0, 0.05) is 12.2 Å². The molecule has 0 spiro atoms. The van der Waals surface area contributed by atoms with Crippen LogP contribution in [0.3, 0.4) is 0 Å². The van der Waals surface area contributed by atoms with Crippen LogP contribution in [0.5, 0.6) is 11.5 Å². The van der Waals surface area contributed by atoms with Gasteiger partial charge in [-0.15, -0.1) is 0 Å². The van der Waals surface area contributed by atoms with Gasteiger partial charge in [0.15, 0.2) is 11.5 Å². The van der Waals surface area contributed by atoms with Gasteiger partial charge in [0.05, 0.1) is 26.6 Å². The number of aromatic nitrogens is 2. The summed E-state index contributed by atoms with van der Waals surface area (Å²) in [5, 5.41) is 6.09. The summed E-state index contributed by atoms with van der Waals surface area (Å²) in [4.78, 5) is 21.0. The molecule has 0 saturated heterocycles. The Labute approximate surface area is 170 Å². The lowest BCUT2D eigenvalue weighted by molar-refractivity contribution is 0.102. The number of methoxy groups -OCH3 is 2. The van der Waals surface area contributed by atoms with E-state index in [1.807, 2.05) is 50.2 Å². The molecule has 3 rings (SSSR count). The van der Waals surface area contributed by atoms with Gasteiger partial charge in [-0.05, 0) is 42.7 Å². The summed E-state index contributed by atoms with van der Waals surface area (Å²) in [5.74, 6) is 1.62. The van der Waals surface area contributed by atoms with Crippen molar-refractivity contribution in [1.82, 2.24) is 9.97 Å². The summed E-state index contributed by atoms with van der Waals surface area (Å²) in [6.45, 7) is 4.44. The summed E-state index contributed by atoms with van der Waals surface area (Å²) in [7, 11) is 3.20. The lowest BCUT2D eigenvalue weighted by Gasteiger charge is -2.12. The molecule has 0 radical (unpaired) electrons. The number of nitrogens with zero attached hydrogens (tertiary/aromatic N) is 2. The van der Waals surface area contributed by atoms with Gasteiger partial charge in [0.25, 0.3) is 5.91 Å². The molecule has 1 heterocycles. The van der Waals surface area contributed by atoms with E-state index in [2.05, 4.69) is 20.6 Å². The molecule has 3 aromatic rings. The number of carbonyl (C=O) groups is 1. The third kappa shape index (κ3) is 4.82. The molecule has 7 heteroatoms. The number of rotatable bonds is 7. The minimum absolute atomic E-state index is 0.254. The summed E-state index contributed by atoms with van der Waals surface area (Å²) < 4.78 is 10.6. The van der Waals surface area contributed by atoms with E-state index in [0.29, 0.717) is 23.9 Å². The average Bonchev–Trinajstić information content (AvgIpc) is 2.75. The fraction of sp³-hybridized carbons (Fsp3) is 0.227. The van der Waals surface area contributed by atoms with E-state index in [1.165, 1.54) is 6.20 Å². The number of anilines is 2. The Balaban J connectivity index is 1.63. The number of hydrogen-bond donors (Lipinski definition) is 2. The van der Waals surface area contributed by atoms with Crippen molar-refractivity contribution < 1.29 is 14.3 Å². The van der Waals surface area contributed by atoms with Crippen molar-refractivity contribution in [3.05, 3.63) is 71.2 Å². The molecule has 0 unspecified atom stereocenters. The van der Waals surface area contributed by atoms with Crippen molar-refractivity contribution in [3.8, 4) is 11.5 Å². The first-order valence-electron chi connectivity index (χ1n) is 9.16. The van der Waals surface area contributed by atoms with Gasteiger partial charge >= 0.3 is 0 Å². The number of nitrogens with one attached hydrogen (secondary N) is 2. The largest absolute Gasteiger partial charge is 0.493 e. The maximum absolute atomic E-state index is 12.5. The van der Waals surface area contributed by atoms with Crippen LogP contribution in [-0.2, 0) is 6.54 Å². The summed E-state index contributed by atoms with van der Waals surface area (Å²) in [6.07, 6.45) is 3.00. The van der Waals surface area contributed by atoms with Crippen LogP contribution in [0.2, 0.25) is 0 Å². The number of benzene rings is 2. The SMILES string of the molecule is COc1ccc(CNc2cnc(C(=O)Nc3c(C)cccc3C)cn2)cc1OC. The molecule has 2 aromatic carbocycles. The third-order valence-electron chi connectivity index (χ3n) is 4.53. The van der Waals surface area contributed by atoms with Crippen LogP contribution < -0.4 is 20.1 Å². The Morgan fingerprint density at radius 1 is 0.966 bits per heavy atom. The Bertz CT molecular complexity index is 983. The van der Waals surface area contributed by atoms with Gasteiger partial charge in [0.2, 0.25) is 0 Å². The second-order valence-electron chi connectivity index (χ2n) is 6.55. The standard InChI is InChI=1S/C22H24N4O3/c1-14-6-5-7-15(2)21(14)26-22(27)17-12-25-20(13-23-17)24-11-16-8-9-18(28-3)19(10-16)29-4/h5-10,12-13H,11H2,1-4H3,(H,24,25)(H,26,27). The summed E-state index contributed by atoms with van der Waals surface area (Å²) in [6, 6.07) is 11.5. The Hall–Kier alpha value is -3.61. The highest BCUT2D eigenvalue weighted by Crippen LogP contribution is 2.27. The molecule has 0 bridgehead atoms. The van der Waals surface area contributed by atoms with E-state index in [9.17, 15) is 4.79 Å². The van der Waals surface area contributed by atoms with Crippen LogP contribution in [0.4, 0.5) is 11.5 Å². The predicted octanol–water partition coefficient (Wildman–Crippen LogP) is 3.98. The molecule has 0 fully saturated rings. The van der Waals surface area contributed by atoms with Gasteiger partial charge < -0.3 is 20.1 Å². The molecule has 0 aliphatic carbocycles. The van der Waals surface area contributed by atoms with Crippen molar-refractivity contribution in [2.45, 2.75) is 20.4 Å². The average molecular weight is 392 g/mol. The molecule has 2 N–H and O–H groups in total. The number of carbonyl (C=O) groups excluding carboxylic acids is 1. The first-order valence-corrected chi connectivity index (χ1v) is 9.16. The Morgan fingerprint density at radius 3 is 2.31 bits per heavy atom. The molecule has 1 amide bonds. The summed E-state index contributed by atoms with van der Waals surface area (Å²) in [5.41, 5.74) is 4.06. The quantitative estimate of drug-likeness (QED) is 0.633. The minimum Gasteiger partial charge on any atom is -0.493 e. The molecule has 7 nitrogen and oxygen atoms in total. The van der Waals surface area contributed by atoms with Crippen molar-refractivity contribution >= 4 is 17.4 Å². The van der Waals surface area contributed by atoms with Crippen LogP contribution in [0.25, 0.3) is 0 Å². The maximum Gasteiger partial charge on any atom is 0.275 e. The lowest BCUT2D eigenvalue weighted by Crippen LogP contribution is -2.16. The zero-order valence-corrected chi connectivity index (χ0v) is 16.9. The number of ether oxygens (including phenoxy) is 2. The van der Waals surface area contributed by atoms with E-state index in [4.69, 9.17) is 9.47 Å². The van der Waals surface area contributed by atoms with Crippen LogP contribution in [-0.4, -0.2) is 30.1 Å². The lowest BCUT2D eigenvalue weighted by atomic mass is 10.1. The zero-order chi connectivity index (χ0) is 20.8. The van der Waals surface area contributed by atoms with E-state index in [1.54, 1.807) is 20.4 Å². The second kappa shape index (κ2) is 9.05. The highest BCUT2D eigenvalue weighted by Gasteiger charge is 2.12. The Kier molecular flexibility index (Phi) is 6.29. The smallest absolute Gasteiger partial charge is 0.275 e. The van der Waals surface area contributed by atoms with E-state index in [0.717, 1.165) is 22.4 Å². The van der Waals surface area contributed by atoms with Gasteiger partial charge in [-0.25, -0.2) is 9.97 Å². The summed E-state index contributed by atoms with van der Waals surface area (Å²) >= 11 is 0. The van der Waals surface area contributed by atoms with E-state index in [-0.39, 0.29) is 11.6 Å². The van der Waals surface area contributed by atoms with Gasteiger partial charge in [-0.3, -0.25) is 4.79 Å². The predicted molar refractivity (Wildman–Crippen MR) is 113 cm³/mol. The Morgan fingerprint density at radius 2 is 1.69 bits per heavy atom. The minimum atomic E-state index is -0.290. The molecule has 1 aromatic heterocycles. The van der Waals surface area contributed by atoms with Crippen LogP contribution >= 0.6 is 0 Å². The van der Waals surface area contributed by atoms with Crippen molar-refractivity contribution in [2.24, 2.45) is 0 Å². The van der Waals surface area contributed by atoms with Crippen LogP contribution in [0.1, 0.15) is 27.2 Å². The first kappa shape index (κ1) is 20.1. The highest BCUT2D eigenvalue weighted by molar-refractivity contribution is 6.03. The van der Waals surface area contributed by atoms with Crippen molar-refractivity contribution in [3.63, 3.8) is 0 Å².